The van der Waals surface area contributed by atoms with Crippen LogP contribution in [0, 0.1) is 0 Å². The summed E-state index contributed by atoms with van der Waals surface area (Å²) < 4.78 is 53.1. The van der Waals surface area contributed by atoms with Crippen molar-refractivity contribution in [2.24, 2.45) is 4.99 Å². The molecule has 1 atom stereocenters. The topological polar surface area (TPSA) is 62.7 Å². The zero-order valence-corrected chi connectivity index (χ0v) is 16.9. The highest BCUT2D eigenvalue weighted by molar-refractivity contribution is 7.85. The van der Waals surface area contributed by atoms with E-state index >= 15 is 0 Å². The average molecular weight is 427 g/mol. The fourth-order valence-electron chi connectivity index (χ4n) is 2.40. The summed E-state index contributed by atoms with van der Waals surface area (Å²) in [4.78, 5) is 4.91. The molecular weight excluding hydrogens is 403 g/mol. The van der Waals surface area contributed by atoms with Crippen LogP contribution in [0.1, 0.15) is 11.1 Å². The molecule has 158 valence electrons. The maximum absolute atomic E-state index is 12.2. The molecule has 2 aromatic rings. The van der Waals surface area contributed by atoms with E-state index in [0.29, 0.717) is 30.4 Å². The highest BCUT2D eigenvalue weighted by atomic mass is 32.2. The lowest BCUT2D eigenvalue weighted by Crippen LogP contribution is -2.38. The van der Waals surface area contributed by atoms with Crippen molar-refractivity contribution >= 4 is 16.8 Å². The Bertz CT molecular complexity index is 797. The SMILES string of the molecule is CN=C(NCCS(=O)c1ccccc1)NCc1ccc(COCC(F)(F)F)cc1. The van der Waals surface area contributed by atoms with Gasteiger partial charge in [0.25, 0.3) is 0 Å². The lowest BCUT2D eigenvalue weighted by molar-refractivity contribution is -0.176. The Labute approximate surface area is 170 Å². The number of aliphatic imine (C=N–C) groups is 1. The largest absolute Gasteiger partial charge is 0.411 e. The molecule has 0 heterocycles. The van der Waals surface area contributed by atoms with E-state index in [-0.39, 0.29) is 6.61 Å². The lowest BCUT2D eigenvalue weighted by atomic mass is 10.1. The van der Waals surface area contributed by atoms with Crippen molar-refractivity contribution in [3.8, 4) is 0 Å². The second kappa shape index (κ2) is 11.6. The number of rotatable bonds is 9. The third-order valence-electron chi connectivity index (χ3n) is 3.83. The van der Waals surface area contributed by atoms with E-state index in [4.69, 9.17) is 0 Å². The predicted octanol–water partition coefficient (Wildman–Crippen LogP) is 3.24. The fourth-order valence-corrected chi connectivity index (χ4v) is 3.38. The van der Waals surface area contributed by atoms with Crippen molar-refractivity contribution in [2.75, 3.05) is 26.0 Å². The molecule has 2 rings (SSSR count). The van der Waals surface area contributed by atoms with Crippen molar-refractivity contribution < 1.29 is 22.1 Å². The molecule has 0 bridgehead atoms. The highest BCUT2D eigenvalue weighted by Crippen LogP contribution is 2.15. The van der Waals surface area contributed by atoms with Gasteiger partial charge in [-0.05, 0) is 23.3 Å². The molecule has 0 saturated heterocycles. The molecule has 0 aliphatic carbocycles. The minimum Gasteiger partial charge on any atom is -0.367 e. The van der Waals surface area contributed by atoms with E-state index in [1.54, 1.807) is 19.2 Å². The lowest BCUT2D eigenvalue weighted by Gasteiger charge is -2.12. The Hall–Kier alpha value is -2.39. The second-order valence-electron chi connectivity index (χ2n) is 6.14. The molecule has 0 spiro atoms. The first-order valence-corrected chi connectivity index (χ1v) is 10.3. The minimum absolute atomic E-state index is 0.0883. The van der Waals surface area contributed by atoms with Crippen LogP contribution in [-0.2, 0) is 28.7 Å². The fraction of sp³-hybridized carbons (Fsp3) is 0.350. The van der Waals surface area contributed by atoms with Crippen molar-refractivity contribution in [3.05, 3.63) is 65.7 Å². The van der Waals surface area contributed by atoms with Gasteiger partial charge >= 0.3 is 6.18 Å². The maximum Gasteiger partial charge on any atom is 0.411 e. The Kier molecular flexibility index (Phi) is 9.14. The number of hydrogen-bond donors (Lipinski definition) is 2. The van der Waals surface area contributed by atoms with Crippen molar-refractivity contribution in [1.29, 1.82) is 0 Å². The Morgan fingerprint density at radius 3 is 2.31 bits per heavy atom. The first kappa shape index (κ1) is 22.9. The van der Waals surface area contributed by atoms with Crippen LogP contribution in [0.15, 0.2) is 64.5 Å². The van der Waals surface area contributed by atoms with Crippen molar-refractivity contribution in [3.63, 3.8) is 0 Å². The van der Waals surface area contributed by atoms with E-state index in [0.717, 1.165) is 10.5 Å². The average Bonchev–Trinajstić information content (AvgIpc) is 2.71. The van der Waals surface area contributed by atoms with Gasteiger partial charge in [0, 0.05) is 30.8 Å². The number of guanidine groups is 1. The molecule has 0 aromatic heterocycles. The van der Waals surface area contributed by atoms with Crippen LogP contribution in [0.5, 0.6) is 0 Å². The van der Waals surface area contributed by atoms with Gasteiger partial charge in [-0.15, -0.1) is 0 Å². The number of nitrogens with one attached hydrogen (secondary N) is 2. The van der Waals surface area contributed by atoms with Gasteiger partial charge in [0.1, 0.15) is 6.61 Å². The van der Waals surface area contributed by atoms with Crippen LogP contribution in [0.3, 0.4) is 0 Å². The van der Waals surface area contributed by atoms with E-state index in [1.165, 1.54) is 0 Å². The summed E-state index contributed by atoms with van der Waals surface area (Å²) >= 11 is 0. The van der Waals surface area contributed by atoms with Gasteiger partial charge < -0.3 is 15.4 Å². The molecule has 2 N–H and O–H groups in total. The first-order valence-electron chi connectivity index (χ1n) is 8.97. The molecule has 0 aliphatic rings. The molecule has 0 radical (unpaired) electrons. The quantitative estimate of drug-likeness (QED) is 0.477. The summed E-state index contributed by atoms with van der Waals surface area (Å²) in [6.07, 6.45) is -4.32. The van der Waals surface area contributed by atoms with Crippen LogP contribution >= 0.6 is 0 Å². The van der Waals surface area contributed by atoms with E-state index < -0.39 is 23.6 Å². The zero-order valence-electron chi connectivity index (χ0n) is 16.0. The van der Waals surface area contributed by atoms with Gasteiger partial charge in [-0.1, -0.05) is 42.5 Å². The molecule has 0 fully saturated rings. The molecule has 0 amide bonds. The van der Waals surface area contributed by atoms with Gasteiger partial charge in [-0.2, -0.15) is 13.2 Å². The molecule has 29 heavy (non-hydrogen) atoms. The number of halogens is 3. The van der Waals surface area contributed by atoms with E-state index in [2.05, 4.69) is 20.4 Å². The van der Waals surface area contributed by atoms with E-state index in [1.807, 2.05) is 42.5 Å². The monoisotopic (exact) mass is 427 g/mol. The summed E-state index contributed by atoms with van der Waals surface area (Å²) in [5, 5.41) is 6.25. The molecule has 2 aromatic carbocycles. The van der Waals surface area contributed by atoms with Gasteiger partial charge in [-0.3, -0.25) is 9.20 Å². The van der Waals surface area contributed by atoms with Gasteiger partial charge in [0.2, 0.25) is 0 Å². The number of ether oxygens (including phenoxy) is 1. The zero-order chi connectivity index (χ0) is 21.1. The standard InChI is InChI=1S/C20H24F3N3O2S/c1-24-19(25-11-12-29(27)18-5-3-2-4-6-18)26-13-16-7-9-17(10-8-16)14-28-15-20(21,22)23/h2-10H,11-15H2,1H3,(H2,24,25,26). The number of nitrogens with zero attached hydrogens (tertiary/aromatic N) is 1. The first-order chi connectivity index (χ1) is 13.9. The summed E-state index contributed by atoms with van der Waals surface area (Å²) in [7, 11) is 0.563. The maximum atomic E-state index is 12.2. The summed E-state index contributed by atoms with van der Waals surface area (Å²) in [6, 6.07) is 16.4. The van der Waals surface area contributed by atoms with Gasteiger partial charge in [0.15, 0.2) is 5.96 Å². The summed E-state index contributed by atoms with van der Waals surface area (Å²) in [6.45, 7) is -0.357. The third kappa shape index (κ3) is 9.10. The smallest absolute Gasteiger partial charge is 0.367 e. The van der Waals surface area contributed by atoms with Crippen LogP contribution in [0.4, 0.5) is 13.2 Å². The number of hydrogen-bond acceptors (Lipinski definition) is 3. The second-order valence-corrected chi connectivity index (χ2v) is 7.71. The molecule has 1 unspecified atom stereocenters. The van der Waals surface area contributed by atoms with Crippen LogP contribution < -0.4 is 10.6 Å². The summed E-state index contributed by atoms with van der Waals surface area (Å²) in [5.41, 5.74) is 1.62. The normalized spacial score (nSPS) is 13.2. The molecule has 5 nitrogen and oxygen atoms in total. The Balaban J connectivity index is 1.71. The Morgan fingerprint density at radius 2 is 1.69 bits per heavy atom. The summed E-state index contributed by atoms with van der Waals surface area (Å²) in [5.74, 6) is 1.03. The molecule has 9 heteroatoms. The van der Waals surface area contributed by atoms with Crippen LogP contribution in [-0.4, -0.2) is 42.3 Å². The molecular formula is C20H24F3N3O2S. The van der Waals surface area contributed by atoms with Crippen molar-refractivity contribution in [1.82, 2.24) is 10.6 Å². The van der Waals surface area contributed by atoms with Crippen LogP contribution in [0.2, 0.25) is 0 Å². The van der Waals surface area contributed by atoms with Gasteiger partial charge in [0.05, 0.1) is 17.4 Å². The van der Waals surface area contributed by atoms with Crippen molar-refractivity contribution in [2.45, 2.75) is 24.2 Å². The minimum atomic E-state index is -4.32. The third-order valence-corrected chi connectivity index (χ3v) is 5.20. The molecule has 0 aliphatic heterocycles. The number of benzene rings is 2. The van der Waals surface area contributed by atoms with E-state index in [9.17, 15) is 17.4 Å². The number of alkyl halides is 3. The highest BCUT2D eigenvalue weighted by Gasteiger charge is 2.27. The predicted molar refractivity (Wildman–Crippen MR) is 108 cm³/mol. The Morgan fingerprint density at radius 1 is 1.03 bits per heavy atom. The van der Waals surface area contributed by atoms with Gasteiger partial charge in [-0.25, -0.2) is 0 Å². The molecule has 0 saturated carbocycles. The van der Waals surface area contributed by atoms with Crippen LogP contribution in [0.25, 0.3) is 0 Å².